The van der Waals surface area contributed by atoms with Gasteiger partial charge in [0.1, 0.15) is 0 Å². The van der Waals surface area contributed by atoms with Gasteiger partial charge in [-0.3, -0.25) is 9.89 Å². The molecule has 1 aromatic rings. The van der Waals surface area contributed by atoms with Crippen LogP contribution < -0.4 is 5.32 Å². The van der Waals surface area contributed by atoms with E-state index in [9.17, 15) is 18.0 Å². The van der Waals surface area contributed by atoms with Crippen LogP contribution in [0.1, 0.15) is 50.2 Å². The number of nitrogens with zero attached hydrogens (tertiary/aromatic N) is 1. The molecular weight excluding hydrogens is 335 g/mol. The molecule has 1 amide bonds. The third-order valence-electron chi connectivity index (χ3n) is 5.34. The lowest BCUT2D eigenvalue weighted by molar-refractivity contribution is -0.186. The molecule has 140 valence electrons. The van der Waals surface area contributed by atoms with Crippen LogP contribution in [0.4, 0.5) is 13.2 Å². The van der Waals surface area contributed by atoms with Crippen molar-refractivity contribution in [2.75, 3.05) is 13.2 Å². The van der Waals surface area contributed by atoms with Crippen molar-refractivity contribution < 1.29 is 22.7 Å². The number of hydrogen-bond donors (Lipinski definition) is 2. The molecular formula is C17H24F3N3O2. The fourth-order valence-corrected chi connectivity index (χ4v) is 3.94. The highest BCUT2D eigenvalue weighted by Crippen LogP contribution is 2.40. The van der Waals surface area contributed by atoms with E-state index in [0.29, 0.717) is 26.0 Å². The molecule has 8 heteroatoms. The molecule has 0 radical (unpaired) electrons. The van der Waals surface area contributed by atoms with Crippen molar-refractivity contribution >= 4 is 5.91 Å². The van der Waals surface area contributed by atoms with E-state index in [0.717, 1.165) is 18.4 Å². The summed E-state index contributed by atoms with van der Waals surface area (Å²) in [5.41, 5.74) is 0.939. The molecule has 1 saturated heterocycles. The predicted molar refractivity (Wildman–Crippen MR) is 84.5 cm³/mol. The first-order valence-electron chi connectivity index (χ1n) is 8.90. The summed E-state index contributed by atoms with van der Waals surface area (Å²) < 4.78 is 44.5. The van der Waals surface area contributed by atoms with Crippen LogP contribution in [0.5, 0.6) is 0 Å². The number of carbonyl (C=O) groups is 1. The van der Waals surface area contributed by atoms with Gasteiger partial charge in [0.05, 0.1) is 18.2 Å². The van der Waals surface area contributed by atoms with Gasteiger partial charge in [-0.25, -0.2) is 0 Å². The number of H-pyrrole nitrogens is 1. The number of aromatic nitrogens is 2. The van der Waals surface area contributed by atoms with Gasteiger partial charge in [0.15, 0.2) is 0 Å². The van der Waals surface area contributed by atoms with Crippen LogP contribution >= 0.6 is 0 Å². The monoisotopic (exact) mass is 359 g/mol. The second-order valence-corrected chi connectivity index (χ2v) is 7.07. The zero-order valence-electron chi connectivity index (χ0n) is 14.0. The van der Waals surface area contributed by atoms with Crippen LogP contribution in [0.15, 0.2) is 12.4 Å². The molecule has 0 aromatic carbocycles. The zero-order chi connectivity index (χ0) is 17.9. The largest absolute Gasteiger partial charge is 0.391 e. The minimum absolute atomic E-state index is 0.0956. The van der Waals surface area contributed by atoms with E-state index < -0.39 is 18.0 Å². The summed E-state index contributed by atoms with van der Waals surface area (Å²) in [6, 6.07) is 0. The summed E-state index contributed by atoms with van der Waals surface area (Å²) in [5, 5.41) is 9.56. The molecule has 2 unspecified atom stereocenters. The fraction of sp³-hybridized carbons (Fsp3) is 0.765. The minimum Gasteiger partial charge on any atom is -0.373 e. The molecule has 2 aliphatic rings. The van der Waals surface area contributed by atoms with E-state index >= 15 is 0 Å². The summed E-state index contributed by atoms with van der Waals surface area (Å²) in [5.74, 6) is -2.05. The second-order valence-electron chi connectivity index (χ2n) is 7.07. The van der Waals surface area contributed by atoms with E-state index in [1.165, 1.54) is 0 Å². The van der Waals surface area contributed by atoms with Crippen LogP contribution in [0.2, 0.25) is 0 Å². The summed E-state index contributed by atoms with van der Waals surface area (Å²) >= 11 is 0. The number of aromatic amines is 1. The molecule has 3 rings (SSSR count). The number of hydrogen-bond acceptors (Lipinski definition) is 3. The molecule has 25 heavy (non-hydrogen) atoms. The Morgan fingerprint density at radius 1 is 1.32 bits per heavy atom. The Labute approximate surface area is 144 Å². The first-order chi connectivity index (χ1) is 11.9. The highest BCUT2D eigenvalue weighted by Gasteiger charge is 2.43. The Bertz CT molecular complexity index is 562. The normalized spacial score (nSPS) is 30.8. The molecule has 1 aliphatic carbocycles. The maximum atomic E-state index is 12.9. The van der Waals surface area contributed by atoms with Gasteiger partial charge in [0.25, 0.3) is 0 Å². The quantitative estimate of drug-likeness (QED) is 0.866. The van der Waals surface area contributed by atoms with Crippen LogP contribution in [-0.2, 0) is 9.53 Å². The van der Waals surface area contributed by atoms with Crippen LogP contribution in [0.25, 0.3) is 0 Å². The topological polar surface area (TPSA) is 67.0 Å². The summed E-state index contributed by atoms with van der Waals surface area (Å²) in [6.45, 7) is 1.08. The summed E-state index contributed by atoms with van der Waals surface area (Å²) in [4.78, 5) is 12.4. The molecule has 2 heterocycles. The number of amides is 1. The molecule has 5 nitrogen and oxygen atoms in total. The van der Waals surface area contributed by atoms with E-state index in [2.05, 4.69) is 15.5 Å². The average molecular weight is 359 g/mol. The Morgan fingerprint density at radius 3 is 2.88 bits per heavy atom. The van der Waals surface area contributed by atoms with Gasteiger partial charge in [-0.1, -0.05) is 6.42 Å². The molecule has 1 aromatic heterocycles. The Balaban J connectivity index is 1.54. The fourth-order valence-electron chi connectivity index (χ4n) is 3.94. The number of nitrogens with one attached hydrogen (secondary N) is 2. The van der Waals surface area contributed by atoms with Gasteiger partial charge in [-0.15, -0.1) is 0 Å². The number of halogens is 3. The predicted octanol–water partition coefficient (Wildman–Crippen LogP) is 3.36. The molecule has 2 N–H and O–H groups in total. The number of alkyl halides is 3. The van der Waals surface area contributed by atoms with Crippen molar-refractivity contribution in [2.24, 2.45) is 17.8 Å². The van der Waals surface area contributed by atoms with Crippen molar-refractivity contribution in [3.05, 3.63) is 18.0 Å². The van der Waals surface area contributed by atoms with Gasteiger partial charge in [-0.2, -0.15) is 18.3 Å². The van der Waals surface area contributed by atoms with Crippen molar-refractivity contribution in [1.29, 1.82) is 0 Å². The van der Waals surface area contributed by atoms with E-state index in [4.69, 9.17) is 4.74 Å². The Hall–Kier alpha value is -1.57. The Morgan fingerprint density at radius 2 is 2.16 bits per heavy atom. The molecule has 0 bridgehead atoms. The lowest BCUT2D eigenvalue weighted by Gasteiger charge is -2.33. The molecule has 4 atom stereocenters. The third-order valence-corrected chi connectivity index (χ3v) is 5.34. The maximum Gasteiger partial charge on any atom is 0.391 e. The molecule has 0 spiro atoms. The van der Waals surface area contributed by atoms with Crippen molar-refractivity contribution in [3.8, 4) is 0 Å². The van der Waals surface area contributed by atoms with Gasteiger partial charge >= 0.3 is 6.18 Å². The van der Waals surface area contributed by atoms with Crippen LogP contribution in [0, 0.1) is 17.8 Å². The van der Waals surface area contributed by atoms with Gasteiger partial charge in [-0.05, 0) is 32.1 Å². The van der Waals surface area contributed by atoms with E-state index in [1.54, 1.807) is 12.4 Å². The molecule has 2 fully saturated rings. The lowest BCUT2D eigenvalue weighted by Crippen LogP contribution is -2.40. The highest BCUT2D eigenvalue weighted by molar-refractivity contribution is 5.78. The van der Waals surface area contributed by atoms with Crippen molar-refractivity contribution in [3.63, 3.8) is 0 Å². The van der Waals surface area contributed by atoms with Crippen molar-refractivity contribution in [1.82, 2.24) is 15.5 Å². The standard InChI is InChI=1S/C17H24F3N3O2/c18-17(19,20)14-5-1-3-11(7-14)16(24)21-8-12-4-2-6-25-15(12)13-9-22-23-10-13/h9-12,14-15H,1-8H2,(H,21,24)(H,22,23)/t11?,12-,14?,15+/m0/s1. The van der Waals surface area contributed by atoms with E-state index in [-0.39, 0.29) is 30.8 Å². The highest BCUT2D eigenvalue weighted by atomic mass is 19.4. The van der Waals surface area contributed by atoms with Gasteiger partial charge in [0, 0.05) is 36.7 Å². The van der Waals surface area contributed by atoms with Crippen LogP contribution in [-0.4, -0.2) is 35.4 Å². The first kappa shape index (κ1) is 18.2. The summed E-state index contributed by atoms with van der Waals surface area (Å²) in [7, 11) is 0. The Kier molecular flexibility index (Phi) is 5.66. The van der Waals surface area contributed by atoms with E-state index in [1.807, 2.05) is 0 Å². The average Bonchev–Trinajstić information content (AvgIpc) is 3.14. The van der Waals surface area contributed by atoms with Gasteiger partial charge < -0.3 is 10.1 Å². The number of ether oxygens (including phenoxy) is 1. The third kappa shape index (κ3) is 4.54. The number of carbonyl (C=O) groups excluding carboxylic acids is 1. The van der Waals surface area contributed by atoms with Gasteiger partial charge in [0.2, 0.25) is 5.91 Å². The maximum absolute atomic E-state index is 12.9. The van der Waals surface area contributed by atoms with Crippen LogP contribution in [0.3, 0.4) is 0 Å². The SMILES string of the molecule is O=C(NC[C@@H]1CCCO[C@H]1c1cn[nH]c1)C1CCCC(C(F)(F)F)C1. The minimum atomic E-state index is -4.21. The summed E-state index contributed by atoms with van der Waals surface area (Å²) in [6.07, 6.45) is 1.98. The zero-order valence-corrected chi connectivity index (χ0v) is 14.0. The second kappa shape index (κ2) is 7.76. The number of rotatable bonds is 4. The lowest BCUT2D eigenvalue weighted by atomic mass is 9.80. The van der Waals surface area contributed by atoms with Crippen molar-refractivity contribution in [2.45, 2.75) is 50.8 Å². The first-order valence-corrected chi connectivity index (χ1v) is 8.90. The molecule has 1 saturated carbocycles. The smallest absolute Gasteiger partial charge is 0.373 e. The molecule has 1 aliphatic heterocycles.